The second-order valence-corrected chi connectivity index (χ2v) is 5.07. The molecular weight excluding hydrogens is 172 g/mol. The van der Waals surface area contributed by atoms with E-state index in [1.165, 1.54) is 44.9 Å². The summed E-state index contributed by atoms with van der Waals surface area (Å²) in [7, 11) is 0. The van der Waals surface area contributed by atoms with Crippen molar-refractivity contribution in [1.82, 2.24) is 0 Å². The summed E-state index contributed by atoms with van der Waals surface area (Å²) in [4.78, 5) is 0. The Kier molecular flexibility index (Phi) is 5.54. The first kappa shape index (κ1) is 12.0. The topological polar surface area (TPSA) is 9.23 Å². The van der Waals surface area contributed by atoms with Crippen molar-refractivity contribution in [3.8, 4) is 0 Å². The van der Waals surface area contributed by atoms with E-state index in [1.807, 2.05) is 0 Å². The van der Waals surface area contributed by atoms with Crippen molar-refractivity contribution in [3.63, 3.8) is 0 Å². The molecule has 0 spiro atoms. The lowest BCUT2D eigenvalue weighted by Gasteiger charge is -2.14. The van der Waals surface area contributed by atoms with E-state index in [-0.39, 0.29) is 0 Å². The fraction of sp³-hybridized carbons (Fsp3) is 1.00. The fourth-order valence-electron chi connectivity index (χ4n) is 2.16. The lowest BCUT2D eigenvalue weighted by molar-refractivity contribution is 0.0324. The zero-order valence-corrected chi connectivity index (χ0v) is 10.1. The standard InChI is InChI=1S/C13H26O/c1-4-5-6-12-9-10-13(14-12)8-7-11(2)3/h11-13H,4-10H2,1-3H3. The molecule has 1 aliphatic heterocycles. The van der Waals surface area contributed by atoms with Crippen molar-refractivity contribution < 1.29 is 4.74 Å². The van der Waals surface area contributed by atoms with Gasteiger partial charge in [-0.1, -0.05) is 33.6 Å². The second-order valence-electron chi connectivity index (χ2n) is 5.07. The van der Waals surface area contributed by atoms with E-state index < -0.39 is 0 Å². The van der Waals surface area contributed by atoms with E-state index in [0.29, 0.717) is 12.2 Å². The van der Waals surface area contributed by atoms with Crippen LogP contribution in [0.3, 0.4) is 0 Å². The molecule has 1 rings (SSSR count). The van der Waals surface area contributed by atoms with E-state index in [4.69, 9.17) is 4.74 Å². The third kappa shape index (κ3) is 4.45. The van der Waals surface area contributed by atoms with Gasteiger partial charge in [-0.25, -0.2) is 0 Å². The summed E-state index contributed by atoms with van der Waals surface area (Å²) in [5.41, 5.74) is 0. The lowest BCUT2D eigenvalue weighted by Crippen LogP contribution is -2.11. The van der Waals surface area contributed by atoms with Gasteiger partial charge >= 0.3 is 0 Å². The Bertz CT molecular complexity index is 142. The normalized spacial score (nSPS) is 27.4. The van der Waals surface area contributed by atoms with E-state index in [0.717, 1.165) is 5.92 Å². The Morgan fingerprint density at radius 2 is 1.79 bits per heavy atom. The predicted molar refractivity (Wildman–Crippen MR) is 61.5 cm³/mol. The summed E-state index contributed by atoms with van der Waals surface area (Å²) in [6.07, 6.45) is 10.3. The largest absolute Gasteiger partial charge is 0.375 e. The lowest BCUT2D eigenvalue weighted by atomic mass is 10.0. The number of hydrogen-bond acceptors (Lipinski definition) is 1. The molecule has 0 aromatic carbocycles. The number of ether oxygens (including phenoxy) is 1. The Hall–Kier alpha value is -0.0400. The maximum atomic E-state index is 6.01. The van der Waals surface area contributed by atoms with Gasteiger partial charge in [-0.2, -0.15) is 0 Å². The van der Waals surface area contributed by atoms with Gasteiger partial charge in [-0.3, -0.25) is 0 Å². The van der Waals surface area contributed by atoms with E-state index in [9.17, 15) is 0 Å². The fourth-order valence-corrected chi connectivity index (χ4v) is 2.16. The Balaban J connectivity index is 2.08. The first-order valence-corrected chi connectivity index (χ1v) is 6.37. The van der Waals surface area contributed by atoms with Gasteiger partial charge in [0, 0.05) is 0 Å². The highest BCUT2D eigenvalue weighted by Crippen LogP contribution is 2.27. The van der Waals surface area contributed by atoms with Gasteiger partial charge < -0.3 is 4.74 Å². The maximum Gasteiger partial charge on any atom is 0.0580 e. The van der Waals surface area contributed by atoms with Crippen LogP contribution in [-0.2, 0) is 4.74 Å². The third-order valence-electron chi connectivity index (χ3n) is 3.14. The molecule has 1 fully saturated rings. The summed E-state index contributed by atoms with van der Waals surface area (Å²) in [6.45, 7) is 6.85. The number of unbranched alkanes of at least 4 members (excludes halogenated alkanes) is 1. The van der Waals surface area contributed by atoms with Crippen molar-refractivity contribution in [3.05, 3.63) is 0 Å². The van der Waals surface area contributed by atoms with E-state index in [1.54, 1.807) is 0 Å². The zero-order chi connectivity index (χ0) is 10.4. The minimum atomic E-state index is 0.583. The molecule has 1 saturated heterocycles. The molecule has 1 heterocycles. The van der Waals surface area contributed by atoms with Crippen LogP contribution in [-0.4, -0.2) is 12.2 Å². The van der Waals surface area contributed by atoms with Crippen LogP contribution in [0.4, 0.5) is 0 Å². The average Bonchev–Trinajstić information content (AvgIpc) is 2.59. The van der Waals surface area contributed by atoms with Crippen LogP contribution in [0.2, 0.25) is 0 Å². The molecular formula is C13H26O. The van der Waals surface area contributed by atoms with Crippen LogP contribution in [0.1, 0.15) is 65.7 Å². The summed E-state index contributed by atoms with van der Waals surface area (Å²) < 4.78 is 6.01. The van der Waals surface area contributed by atoms with Crippen molar-refractivity contribution in [2.45, 2.75) is 77.9 Å². The second kappa shape index (κ2) is 6.44. The highest BCUT2D eigenvalue weighted by molar-refractivity contribution is 4.73. The SMILES string of the molecule is CCCCC1CCC(CCC(C)C)O1. The molecule has 0 bridgehead atoms. The maximum absolute atomic E-state index is 6.01. The van der Waals surface area contributed by atoms with Crippen molar-refractivity contribution in [1.29, 1.82) is 0 Å². The molecule has 0 aromatic heterocycles. The molecule has 1 heteroatoms. The number of hydrogen-bond donors (Lipinski definition) is 0. The van der Waals surface area contributed by atoms with Gasteiger partial charge in [0.15, 0.2) is 0 Å². The van der Waals surface area contributed by atoms with Crippen LogP contribution in [0.25, 0.3) is 0 Å². The quantitative estimate of drug-likeness (QED) is 0.622. The monoisotopic (exact) mass is 198 g/mol. The molecule has 0 aromatic rings. The van der Waals surface area contributed by atoms with Crippen LogP contribution in [0, 0.1) is 5.92 Å². The zero-order valence-electron chi connectivity index (χ0n) is 10.1. The van der Waals surface area contributed by atoms with Crippen LogP contribution in [0.5, 0.6) is 0 Å². The van der Waals surface area contributed by atoms with Gasteiger partial charge in [-0.15, -0.1) is 0 Å². The van der Waals surface area contributed by atoms with Gasteiger partial charge in [0.05, 0.1) is 12.2 Å². The van der Waals surface area contributed by atoms with E-state index >= 15 is 0 Å². The van der Waals surface area contributed by atoms with Gasteiger partial charge in [-0.05, 0) is 38.0 Å². The average molecular weight is 198 g/mol. The summed E-state index contributed by atoms with van der Waals surface area (Å²) in [5.74, 6) is 0.827. The molecule has 0 N–H and O–H groups in total. The third-order valence-corrected chi connectivity index (χ3v) is 3.14. The van der Waals surface area contributed by atoms with Crippen molar-refractivity contribution in [2.24, 2.45) is 5.92 Å². The van der Waals surface area contributed by atoms with Gasteiger partial charge in [0.25, 0.3) is 0 Å². The minimum absolute atomic E-state index is 0.583. The van der Waals surface area contributed by atoms with Crippen LogP contribution in [0.15, 0.2) is 0 Å². The Morgan fingerprint density at radius 1 is 1.14 bits per heavy atom. The summed E-state index contributed by atoms with van der Waals surface area (Å²) in [6, 6.07) is 0. The first-order chi connectivity index (χ1) is 6.72. The summed E-state index contributed by atoms with van der Waals surface area (Å²) in [5, 5.41) is 0. The molecule has 2 unspecified atom stereocenters. The predicted octanol–water partition coefficient (Wildman–Crippen LogP) is 4.16. The molecule has 14 heavy (non-hydrogen) atoms. The molecule has 1 nitrogen and oxygen atoms in total. The molecule has 84 valence electrons. The first-order valence-electron chi connectivity index (χ1n) is 6.37. The Morgan fingerprint density at radius 3 is 2.36 bits per heavy atom. The summed E-state index contributed by atoms with van der Waals surface area (Å²) >= 11 is 0. The van der Waals surface area contributed by atoms with Crippen molar-refractivity contribution >= 4 is 0 Å². The molecule has 0 radical (unpaired) electrons. The highest BCUT2D eigenvalue weighted by atomic mass is 16.5. The smallest absolute Gasteiger partial charge is 0.0580 e. The highest BCUT2D eigenvalue weighted by Gasteiger charge is 2.24. The molecule has 1 aliphatic rings. The number of rotatable bonds is 6. The molecule has 2 atom stereocenters. The van der Waals surface area contributed by atoms with Gasteiger partial charge in [0.1, 0.15) is 0 Å². The van der Waals surface area contributed by atoms with E-state index in [2.05, 4.69) is 20.8 Å². The minimum Gasteiger partial charge on any atom is -0.375 e. The van der Waals surface area contributed by atoms with Crippen LogP contribution >= 0.6 is 0 Å². The van der Waals surface area contributed by atoms with Crippen LogP contribution < -0.4 is 0 Å². The molecule has 0 aliphatic carbocycles. The Labute approximate surface area is 89.2 Å². The molecule has 0 saturated carbocycles. The van der Waals surface area contributed by atoms with Crippen molar-refractivity contribution in [2.75, 3.05) is 0 Å². The molecule has 0 amide bonds. The van der Waals surface area contributed by atoms with Gasteiger partial charge in [0.2, 0.25) is 0 Å².